The predicted octanol–water partition coefficient (Wildman–Crippen LogP) is 5.14. The van der Waals surface area contributed by atoms with Crippen molar-refractivity contribution in [3.05, 3.63) is 70.5 Å². The van der Waals surface area contributed by atoms with Crippen LogP contribution in [0.15, 0.2) is 52.0 Å². The summed E-state index contributed by atoms with van der Waals surface area (Å²) in [5.41, 5.74) is 7.26. The van der Waals surface area contributed by atoms with Crippen molar-refractivity contribution in [3.63, 3.8) is 0 Å². The number of para-hydroxylation sites is 1. The molecule has 1 aromatic heterocycles. The number of aliphatic hydroxyl groups excluding tert-OH is 1. The van der Waals surface area contributed by atoms with Crippen LogP contribution in [0.4, 0.5) is 0 Å². The molecule has 2 heterocycles. The second kappa shape index (κ2) is 10.4. The highest BCUT2D eigenvalue weighted by atomic mass is 16.6. The third-order valence-corrected chi connectivity index (χ3v) is 7.74. The zero-order chi connectivity index (χ0) is 25.3. The van der Waals surface area contributed by atoms with Crippen molar-refractivity contribution < 1.29 is 19.1 Å². The van der Waals surface area contributed by atoms with Gasteiger partial charge >= 0.3 is 0 Å². The maximum atomic E-state index is 10.5. The molecule has 192 valence electrons. The highest BCUT2D eigenvalue weighted by molar-refractivity contribution is 6.03. The molecule has 0 bridgehead atoms. The lowest BCUT2D eigenvalue weighted by Gasteiger charge is -2.47. The van der Waals surface area contributed by atoms with Crippen LogP contribution in [0.1, 0.15) is 47.8 Å². The van der Waals surface area contributed by atoms with Gasteiger partial charge in [0, 0.05) is 30.9 Å². The van der Waals surface area contributed by atoms with E-state index in [0.29, 0.717) is 19.8 Å². The first kappa shape index (κ1) is 25.0. The molecule has 0 radical (unpaired) electrons. The maximum Gasteiger partial charge on any atom is 0.153 e. The van der Waals surface area contributed by atoms with Crippen molar-refractivity contribution in [1.82, 2.24) is 4.90 Å². The van der Waals surface area contributed by atoms with Crippen LogP contribution in [0.5, 0.6) is 0 Å². The van der Waals surface area contributed by atoms with Crippen LogP contribution >= 0.6 is 0 Å². The van der Waals surface area contributed by atoms with E-state index in [1.54, 1.807) is 0 Å². The lowest BCUT2D eigenvalue weighted by molar-refractivity contribution is -0.0136. The molecule has 1 aliphatic carbocycles. The van der Waals surface area contributed by atoms with Gasteiger partial charge in [0.2, 0.25) is 0 Å². The third-order valence-electron chi connectivity index (χ3n) is 7.74. The van der Waals surface area contributed by atoms with E-state index in [1.807, 2.05) is 18.2 Å². The molecule has 1 N–H and O–H groups in total. The summed E-state index contributed by atoms with van der Waals surface area (Å²) in [5, 5.41) is 16.2. The predicted molar refractivity (Wildman–Crippen MR) is 143 cm³/mol. The average Bonchev–Trinajstić information content (AvgIpc) is 3.24. The number of benzene rings is 2. The van der Waals surface area contributed by atoms with Gasteiger partial charge in [0.25, 0.3) is 0 Å². The fraction of sp³-hybridized carbons (Fsp3) is 0.500. The number of furan rings is 1. The minimum absolute atomic E-state index is 0.0924. The first-order chi connectivity index (χ1) is 17.3. The molecule has 1 saturated heterocycles. The highest BCUT2D eigenvalue weighted by Gasteiger charge is 2.46. The number of β-amino-alcohol motifs (C(OH)–C–C–N with tert-alkyl or cyclic N) is 1. The lowest BCUT2D eigenvalue weighted by Crippen LogP contribution is -2.44. The molecule has 1 saturated carbocycles. The SMILES string of the molecule is Cc1cc(C)c(C2(C)CC(/C(=N\OCC(O)CN3CCOCC3)c3cc4ccccc4o3)C2)c(C)c1. The molecule has 2 fully saturated rings. The van der Waals surface area contributed by atoms with Crippen LogP contribution in [0.2, 0.25) is 0 Å². The molecule has 3 aromatic rings. The van der Waals surface area contributed by atoms with Gasteiger partial charge in [-0.2, -0.15) is 0 Å². The summed E-state index contributed by atoms with van der Waals surface area (Å²) in [6.45, 7) is 12.8. The van der Waals surface area contributed by atoms with Crippen molar-refractivity contribution >= 4 is 16.7 Å². The Hall–Kier alpha value is -2.67. The molecule has 2 aliphatic rings. The smallest absolute Gasteiger partial charge is 0.153 e. The molecule has 0 spiro atoms. The molecular weight excluding hydrogens is 452 g/mol. The Bertz CT molecular complexity index is 1180. The van der Waals surface area contributed by atoms with Crippen LogP contribution in [0.25, 0.3) is 11.0 Å². The van der Waals surface area contributed by atoms with Crippen LogP contribution in [0.3, 0.4) is 0 Å². The molecule has 1 unspecified atom stereocenters. The molecule has 5 rings (SSSR count). The summed E-state index contributed by atoms with van der Waals surface area (Å²) < 4.78 is 11.6. The molecule has 1 atom stereocenters. The zero-order valence-electron chi connectivity index (χ0n) is 21.9. The second-order valence-corrected chi connectivity index (χ2v) is 10.9. The molecular formula is C30H38N2O4. The minimum atomic E-state index is -0.603. The van der Waals surface area contributed by atoms with Gasteiger partial charge in [0.05, 0.1) is 13.2 Å². The Balaban J connectivity index is 1.34. The first-order valence-corrected chi connectivity index (χ1v) is 13.1. The number of hydrogen-bond acceptors (Lipinski definition) is 6. The Morgan fingerprint density at radius 3 is 2.50 bits per heavy atom. The standard InChI is InChI=1S/C30H38N2O4/c1-20-13-21(2)28(22(3)14-20)30(4)16-24(17-30)29(27-15-23-7-5-6-8-26(23)36-27)31-35-19-25(33)18-32-9-11-34-12-10-32/h5-8,13-15,24-25,33H,9-12,16-19H2,1-4H3/b31-29+. The van der Waals surface area contributed by atoms with Crippen molar-refractivity contribution in [1.29, 1.82) is 0 Å². The van der Waals surface area contributed by atoms with E-state index in [1.165, 1.54) is 22.3 Å². The number of aryl methyl sites for hydroxylation is 3. The summed E-state index contributed by atoms with van der Waals surface area (Å²) in [4.78, 5) is 7.96. The van der Waals surface area contributed by atoms with E-state index in [0.717, 1.165) is 48.4 Å². The second-order valence-electron chi connectivity index (χ2n) is 10.9. The Kier molecular flexibility index (Phi) is 7.20. The average molecular weight is 491 g/mol. The van der Waals surface area contributed by atoms with Gasteiger partial charge in [-0.05, 0) is 67.9 Å². The van der Waals surface area contributed by atoms with Gasteiger partial charge in [-0.25, -0.2) is 0 Å². The summed E-state index contributed by atoms with van der Waals surface area (Å²) in [6, 6.07) is 14.7. The fourth-order valence-electron chi connectivity index (χ4n) is 6.31. The van der Waals surface area contributed by atoms with Gasteiger partial charge in [-0.1, -0.05) is 48.0 Å². The number of rotatable bonds is 8. The molecule has 36 heavy (non-hydrogen) atoms. The zero-order valence-corrected chi connectivity index (χ0v) is 21.9. The number of hydrogen-bond donors (Lipinski definition) is 1. The van der Waals surface area contributed by atoms with Crippen molar-refractivity contribution in [2.45, 2.75) is 52.1 Å². The molecule has 0 amide bonds. The summed E-state index contributed by atoms with van der Waals surface area (Å²) >= 11 is 0. The van der Waals surface area contributed by atoms with Crippen LogP contribution in [0, 0.1) is 26.7 Å². The minimum Gasteiger partial charge on any atom is -0.455 e. The van der Waals surface area contributed by atoms with Crippen molar-refractivity contribution in [2.24, 2.45) is 11.1 Å². The molecule has 6 heteroatoms. The fourth-order valence-corrected chi connectivity index (χ4v) is 6.31. The topological polar surface area (TPSA) is 67.4 Å². The van der Waals surface area contributed by atoms with E-state index in [2.05, 4.69) is 62.0 Å². The number of aliphatic hydroxyl groups is 1. The largest absolute Gasteiger partial charge is 0.455 e. The Labute approximate surface area is 213 Å². The van der Waals surface area contributed by atoms with E-state index in [9.17, 15) is 5.11 Å². The van der Waals surface area contributed by atoms with Crippen LogP contribution in [-0.2, 0) is 15.0 Å². The van der Waals surface area contributed by atoms with Gasteiger partial charge < -0.3 is 19.1 Å². The van der Waals surface area contributed by atoms with E-state index in [-0.39, 0.29) is 17.9 Å². The summed E-state index contributed by atoms with van der Waals surface area (Å²) in [5.74, 6) is 0.982. The molecule has 2 aromatic carbocycles. The summed E-state index contributed by atoms with van der Waals surface area (Å²) in [7, 11) is 0. The van der Waals surface area contributed by atoms with Gasteiger partial charge in [-0.3, -0.25) is 4.90 Å². The molecule has 6 nitrogen and oxygen atoms in total. The van der Waals surface area contributed by atoms with Crippen LogP contribution < -0.4 is 0 Å². The number of fused-ring (bicyclic) bond motifs is 1. The van der Waals surface area contributed by atoms with Crippen molar-refractivity contribution in [2.75, 3.05) is 39.5 Å². The van der Waals surface area contributed by atoms with E-state index >= 15 is 0 Å². The van der Waals surface area contributed by atoms with E-state index in [4.69, 9.17) is 14.0 Å². The van der Waals surface area contributed by atoms with E-state index < -0.39 is 6.10 Å². The lowest BCUT2D eigenvalue weighted by atomic mass is 9.57. The summed E-state index contributed by atoms with van der Waals surface area (Å²) in [6.07, 6.45) is 1.36. The monoisotopic (exact) mass is 490 g/mol. The molecule has 1 aliphatic heterocycles. The quantitative estimate of drug-likeness (QED) is 0.350. The van der Waals surface area contributed by atoms with Crippen molar-refractivity contribution in [3.8, 4) is 0 Å². The Morgan fingerprint density at radius 1 is 1.11 bits per heavy atom. The van der Waals surface area contributed by atoms with Crippen LogP contribution in [-0.4, -0.2) is 61.3 Å². The van der Waals surface area contributed by atoms with Gasteiger partial charge in [0.1, 0.15) is 24.0 Å². The third kappa shape index (κ3) is 5.22. The number of morpholine rings is 1. The number of ether oxygens (including phenoxy) is 1. The van der Waals surface area contributed by atoms with Gasteiger partial charge in [0.15, 0.2) is 5.76 Å². The maximum absolute atomic E-state index is 10.5. The Morgan fingerprint density at radius 2 is 1.81 bits per heavy atom. The first-order valence-electron chi connectivity index (χ1n) is 13.1. The number of oxime groups is 1. The number of nitrogens with zero attached hydrogens (tertiary/aromatic N) is 2. The normalized spacial score (nSPS) is 24.0. The highest BCUT2D eigenvalue weighted by Crippen LogP contribution is 2.51. The van der Waals surface area contributed by atoms with Gasteiger partial charge in [-0.15, -0.1) is 0 Å².